The maximum absolute atomic E-state index is 13.7. The fourth-order valence-electron chi connectivity index (χ4n) is 5.23. The van der Waals surface area contributed by atoms with Crippen molar-refractivity contribution in [3.8, 4) is 11.4 Å². The number of benzene rings is 3. The lowest BCUT2D eigenvalue weighted by molar-refractivity contribution is -0.137. The van der Waals surface area contributed by atoms with Gasteiger partial charge in [-0.2, -0.15) is 17.9 Å². The van der Waals surface area contributed by atoms with Gasteiger partial charge in [-0.25, -0.2) is 0 Å². The lowest BCUT2D eigenvalue weighted by atomic mass is 10.00. The Bertz CT molecular complexity index is 1470. The van der Waals surface area contributed by atoms with Crippen LogP contribution in [-0.2, 0) is 6.18 Å². The predicted molar refractivity (Wildman–Crippen MR) is 147 cm³/mol. The second-order valence-corrected chi connectivity index (χ2v) is 10.0. The Hall–Kier alpha value is -4.02. The maximum atomic E-state index is 13.7. The van der Waals surface area contributed by atoms with E-state index in [2.05, 4.69) is 25.3 Å². The first-order valence-corrected chi connectivity index (χ1v) is 13.2. The van der Waals surface area contributed by atoms with Crippen LogP contribution in [-0.4, -0.2) is 67.8 Å². The van der Waals surface area contributed by atoms with Crippen molar-refractivity contribution in [2.24, 2.45) is 0 Å². The van der Waals surface area contributed by atoms with E-state index in [0.29, 0.717) is 44.1 Å². The number of tetrazole rings is 1. The Morgan fingerprint density at radius 1 is 0.925 bits per heavy atom. The largest absolute Gasteiger partial charge is 0.507 e. The molecule has 0 aliphatic carbocycles. The van der Waals surface area contributed by atoms with Crippen molar-refractivity contribution < 1.29 is 18.3 Å². The molecular formula is C30H31F3N6O. The number of rotatable bonds is 7. The first-order chi connectivity index (χ1) is 19.2. The molecule has 0 radical (unpaired) electrons. The van der Waals surface area contributed by atoms with E-state index >= 15 is 0 Å². The molecule has 1 aliphatic rings. The van der Waals surface area contributed by atoms with Gasteiger partial charge in [0.25, 0.3) is 0 Å². The smallest absolute Gasteiger partial charge is 0.416 e. The van der Waals surface area contributed by atoms with Crippen LogP contribution in [0.25, 0.3) is 11.8 Å². The second-order valence-electron chi connectivity index (χ2n) is 10.0. The summed E-state index contributed by atoms with van der Waals surface area (Å²) in [6.07, 6.45) is -0.556. The fraction of sp³-hybridized carbons (Fsp3) is 0.300. The molecule has 1 aromatic heterocycles. The van der Waals surface area contributed by atoms with E-state index < -0.39 is 17.8 Å². The minimum absolute atomic E-state index is 0.231. The molecule has 2 heterocycles. The summed E-state index contributed by atoms with van der Waals surface area (Å²) in [6.45, 7) is 7.28. The Morgan fingerprint density at radius 3 is 2.33 bits per heavy atom. The number of aryl methyl sites for hydroxylation is 2. The quantitative estimate of drug-likeness (QED) is 0.333. The number of phenolic OH excluding ortho intramolecular Hbond substituents is 1. The normalized spacial score (nSPS) is 16.0. The zero-order valence-electron chi connectivity index (χ0n) is 22.4. The van der Waals surface area contributed by atoms with Gasteiger partial charge in [0.1, 0.15) is 5.75 Å². The Kier molecular flexibility index (Phi) is 7.99. The summed E-state index contributed by atoms with van der Waals surface area (Å²) in [4.78, 5) is 4.42. The van der Waals surface area contributed by atoms with E-state index in [0.717, 1.165) is 28.4 Å². The average Bonchev–Trinajstić information content (AvgIpc) is 3.39. The van der Waals surface area contributed by atoms with Crippen molar-refractivity contribution in [3.05, 3.63) is 106 Å². The van der Waals surface area contributed by atoms with Gasteiger partial charge in [-0.15, -0.1) is 5.10 Å². The van der Waals surface area contributed by atoms with Gasteiger partial charge in [-0.3, -0.25) is 9.80 Å². The number of hydrogen-bond acceptors (Lipinski definition) is 6. The molecule has 10 heteroatoms. The average molecular weight is 549 g/mol. The first-order valence-electron chi connectivity index (χ1n) is 13.2. The van der Waals surface area contributed by atoms with Crippen LogP contribution in [0.4, 0.5) is 13.2 Å². The Balaban J connectivity index is 1.43. The Labute approximate surface area is 231 Å². The van der Waals surface area contributed by atoms with E-state index in [1.54, 1.807) is 22.9 Å². The van der Waals surface area contributed by atoms with Gasteiger partial charge in [-0.1, -0.05) is 60.7 Å². The van der Waals surface area contributed by atoms with Crippen LogP contribution in [0.5, 0.6) is 5.75 Å². The lowest BCUT2D eigenvalue weighted by Crippen LogP contribution is -2.48. The molecule has 0 bridgehead atoms. The van der Waals surface area contributed by atoms with E-state index in [9.17, 15) is 18.3 Å². The van der Waals surface area contributed by atoms with Gasteiger partial charge in [0, 0.05) is 38.3 Å². The summed E-state index contributed by atoms with van der Waals surface area (Å²) in [5, 5.41) is 22.6. The van der Waals surface area contributed by atoms with Crippen LogP contribution in [0.1, 0.15) is 39.7 Å². The Morgan fingerprint density at radius 2 is 1.62 bits per heavy atom. The minimum atomic E-state index is -4.46. The molecule has 1 aliphatic heterocycles. The first kappa shape index (κ1) is 27.5. The molecule has 40 heavy (non-hydrogen) atoms. The highest BCUT2D eigenvalue weighted by Gasteiger charge is 2.35. The van der Waals surface area contributed by atoms with Crippen molar-refractivity contribution in [1.29, 1.82) is 0 Å². The molecule has 1 atom stereocenters. The predicted octanol–water partition coefficient (Wildman–Crippen LogP) is 5.42. The monoisotopic (exact) mass is 548 g/mol. The summed E-state index contributed by atoms with van der Waals surface area (Å²) in [6, 6.07) is 17.9. The second kappa shape index (κ2) is 11.6. The van der Waals surface area contributed by atoms with Gasteiger partial charge >= 0.3 is 6.18 Å². The van der Waals surface area contributed by atoms with Crippen LogP contribution in [0, 0.1) is 13.8 Å². The lowest BCUT2D eigenvalue weighted by Gasteiger charge is -2.38. The standard InChI is InChI=1S/C30H31F3N6O/c1-21-8-5-9-22(2)27(21)39-29(34-35-36-39)28(24-11-6-13-25(20-24)30(31,32)33)38-18-16-37(17-19-38)15-7-12-23-10-3-4-14-26(23)40/h3-14,20,28,40H,15-19H2,1-2H3/t28-/m0/s1. The van der Waals surface area contributed by atoms with Gasteiger partial charge in [0.15, 0.2) is 5.82 Å². The molecular weight excluding hydrogens is 517 g/mol. The summed E-state index contributed by atoms with van der Waals surface area (Å²) < 4.78 is 42.7. The molecule has 1 saturated heterocycles. The van der Waals surface area contributed by atoms with Gasteiger partial charge in [0.2, 0.25) is 0 Å². The number of nitrogens with zero attached hydrogens (tertiary/aromatic N) is 6. The van der Waals surface area contributed by atoms with Crippen LogP contribution in [0.3, 0.4) is 0 Å². The molecule has 3 aromatic carbocycles. The van der Waals surface area contributed by atoms with Gasteiger partial charge < -0.3 is 5.11 Å². The summed E-state index contributed by atoms with van der Waals surface area (Å²) in [7, 11) is 0. The summed E-state index contributed by atoms with van der Waals surface area (Å²) >= 11 is 0. The summed E-state index contributed by atoms with van der Waals surface area (Å²) in [5.74, 6) is 0.707. The number of halogens is 3. The topological polar surface area (TPSA) is 70.3 Å². The number of aromatic hydroxyl groups is 1. The third kappa shape index (κ3) is 5.93. The third-order valence-corrected chi connectivity index (χ3v) is 7.29. The van der Waals surface area contributed by atoms with Crippen molar-refractivity contribution in [2.45, 2.75) is 26.1 Å². The van der Waals surface area contributed by atoms with Crippen LogP contribution in [0.15, 0.2) is 72.8 Å². The molecule has 4 aromatic rings. The molecule has 1 N–H and O–H groups in total. The number of hydrogen-bond donors (Lipinski definition) is 1. The fourth-order valence-corrected chi connectivity index (χ4v) is 5.23. The van der Waals surface area contributed by atoms with Crippen LogP contribution >= 0.6 is 0 Å². The highest BCUT2D eigenvalue weighted by atomic mass is 19.4. The van der Waals surface area contributed by atoms with E-state index in [-0.39, 0.29) is 5.75 Å². The zero-order chi connectivity index (χ0) is 28.3. The van der Waals surface area contributed by atoms with Gasteiger partial charge in [-0.05, 0) is 59.2 Å². The van der Waals surface area contributed by atoms with Crippen molar-refractivity contribution in [2.75, 3.05) is 32.7 Å². The molecule has 7 nitrogen and oxygen atoms in total. The third-order valence-electron chi connectivity index (χ3n) is 7.29. The van der Waals surface area contributed by atoms with E-state index in [4.69, 9.17) is 0 Å². The molecule has 0 spiro atoms. The minimum Gasteiger partial charge on any atom is -0.507 e. The van der Waals surface area contributed by atoms with Crippen molar-refractivity contribution in [1.82, 2.24) is 30.0 Å². The van der Waals surface area contributed by atoms with E-state index in [1.165, 1.54) is 12.1 Å². The number of para-hydroxylation sites is 2. The number of piperazine rings is 1. The van der Waals surface area contributed by atoms with E-state index in [1.807, 2.05) is 56.3 Å². The summed E-state index contributed by atoms with van der Waals surface area (Å²) in [5.41, 5.74) is 3.31. The van der Waals surface area contributed by atoms with Crippen molar-refractivity contribution in [3.63, 3.8) is 0 Å². The molecule has 5 rings (SSSR count). The number of phenols is 1. The highest BCUT2D eigenvalue weighted by molar-refractivity contribution is 5.56. The molecule has 0 amide bonds. The van der Waals surface area contributed by atoms with Crippen molar-refractivity contribution >= 4 is 6.08 Å². The molecule has 0 unspecified atom stereocenters. The highest BCUT2D eigenvalue weighted by Crippen LogP contribution is 2.35. The number of aromatic nitrogens is 4. The van der Waals surface area contributed by atoms with Crippen LogP contribution in [0.2, 0.25) is 0 Å². The van der Waals surface area contributed by atoms with Crippen LogP contribution < -0.4 is 0 Å². The molecule has 1 fully saturated rings. The molecule has 0 saturated carbocycles. The maximum Gasteiger partial charge on any atom is 0.416 e. The van der Waals surface area contributed by atoms with Gasteiger partial charge in [0.05, 0.1) is 17.3 Å². The zero-order valence-corrected chi connectivity index (χ0v) is 22.4. The number of alkyl halides is 3. The molecule has 208 valence electrons. The SMILES string of the molecule is Cc1cccc(C)c1-n1nnnc1[C@H](c1cccc(C(F)(F)F)c1)N1CCN(CC=Cc2ccccc2O)CC1.